The molecule has 6 nitrogen and oxygen atoms in total. The first-order valence-electron chi connectivity index (χ1n) is 5.98. The van der Waals surface area contributed by atoms with Gasteiger partial charge in [-0.15, -0.1) is 11.3 Å². The van der Waals surface area contributed by atoms with Gasteiger partial charge in [0.25, 0.3) is 0 Å². The van der Waals surface area contributed by atoms with Crippen LogP contribution < -0.4 is 14.2 Å². The first-order valence-corrected chi connectivity index (χ1v) is 6.86. The van der Waals surface area contributed by atoms with Crippen LogP contribution >= 0.6 is 11.3 Å². The Hall–Kier alpha value is -2.25. The molecule has 0 amide bonds. The van der Waals surface area contributed by atoms with Gasteiger partial charge in [0.1, 0.15) is 11.4 Å². The van der Waals surface area contributed by atoms with Crippen LogP contribution in [0.1, 0.15) is 5.69 Å². The van der Waals surface area contributed by atoms with Crippen molar-refractivity contribution < 1.29 is 19.3 Å². The zero-order valence-electron chi connectivity index (χ0n) is 10.3. The maximum absolute atomic E-state index is 9.48. The van der Waals surface area contributed by atoms with E-state index in [4.69, 9.17) is 14.2 Å². The van der Waals surface area contributed by atoms with Crippen molar-refractivity contribution >= 4 is 16.3 Å². The number of thiazole rings is 1. The van der Waals surface area contributed by atoms with Crippen LogP contribution in [-0.4, -0.2) is 21.3 Å². The normalized spacial score (nSPS) is 13.1. The van der Waals surface area contributed by atoms with Gasteiger partial charge in [0, 0.05) is 17.6 Å². The molecule has 3 aromatic rings. The number of hydrogen-bond acceptors (Lipinski definition) is 6. The lowest BCUT2D eigenvalue weighted by atomic mass is 10.3. The van der Waals surface area contributed by atoms with Crippen molar-refractivity contribution in [3.05, 3.63) is 35.5 Å². The number of ether oxygens (including phenoxy) is 3. The molecule has 1 N–H and O–H groups in total. The van der Waals surface area contributed by atoms with Crippen LogP contribution in [0.25, 0.3) is 4.96 Å². The van der Waals surface area contributed by atoms with Gasteiger partial charge in [-0.25, -0.2) is 0 Å². The van der Waals surface area contributed by atoms with Crippen LogP contribution in [0.5, 0.6) is 23.1 Å². The molecule has 7 heteroatoms. The van der Waals surface area contributed by atoms with Crippen LogP contribution in [0.2, 0.25) is 0 Å². The fourth-order valence-electron chi connectivity index (χ4n) is 2.09. The van der Waals surface area contributed by atoms with E-state index in [0.717, 1.165) is 4.96 Å². The Labute approximate surface area is 117 Å². The second-order valence-corrected chi connectivity index (χ2v) is 5.07. The van der Waals surface area contributed by atoms with E-state index in [1.54, 1.807) is 18.2 Å². The van der Waals surface area contributed by atoms with E-state index in [2.05, 4.69) is 4.98 Å². The van der Waals surface area contributed by atoms with Crippen molar-refractivity contribution in [1.82, 2.24) is 9.38 Å². The molecule has 3 heterocycles. The van der Waals surface area contributed by atoms with E-state index in [1.165, 1.54) is 11.3 Å². The number of nitrogens with zero attached hydrogens (tertiary/aromatic N) is 2. The molecule has 0 bridgehead atoms. The average Bonchev–Trinajstić information content (AvgIpc) is 3.12. The second kappa shape index (κ2) is 4.39. The number of fused-ring (bicyclic) bond motifs is 2. The molecule has 2 aromatic heterocycles. The first kappa shape index (κ1) is 11.6. The maximum Gasteiger partial charge on any atom is 0.244 e. The van der Waals surface area contributed by atoms with Crippen LogP contribution in [-0.2, 0) is 6.61 Å². The highest BCUT2D eigenvalue weighted by Crippen LogP contribution is 2.37. The quantitative estimate of drug-likeness (QED) is 0.802. The first-order chi connectivity index (χ1) is 9.85. The summed E-state index contributed by atoms with van der Waals surface area (Å²) in [5.41, 5.74) is 0.624. The van der Waals surface area contributed by atoms with Crippen LogP contribution in [0.3, 0.4) is 0 Å². The van der Waals surface area contributed by atoms with E-state index < -0.39 is 0 Å². The van der Waals surface area contributed by atoms with E-state index in [9.17, 15) is 5.11 Å². The van der Waals surface area contributed by atoms with E-state index >= 15 is 0 Å². The summed E-state index contributed by atoms with van der Waals surface area (Å²) in [6.45, 7) is 0.0820. The smallest absolute Gasteiger partial charge is 0.244 e. The van der Waals surface area contributed by atoms with Crippen LogP contribution in [0, 0.1) is 0 Å². The summed E-state index contributed by atoms with van der Waals surface area (Å²) >= 11 is 1.48. The maximum atomic E-state index is 9.48. The Morgan fingerprint density at radius 2 is 2.25 bits per heavy atom. The molecule has 0 aliphatic carbocycles. The minimum Gasteiger partial charge on any atom is -0.454 e. The molecule has 1 aromatic carbocycles. The topological polar surface area (TPSA) is 65.2 Å². The molecule has 0 atom stereocenters. The summed E-state index contributed by atoms with van der Waals surface area (Å²) in [5.74, 6) is 2.34. The summed E-state index contributed by atoms with van der Waals surface area (Å²) < 4.78 is 18.1. The van der Waals surface area contributed by atoms with Gasteiger partial charge < -0.3 is 19.3 Å². The predicted octanol–water partition coefficient (Wildman–Crippen LogP) is 2.41. The molecule has 0 radical (unpaired) electrons. The standard InChI is InChI=1S/C13H10N2O4S/c16-6-9-12(14-13-15(9)3-4-20-13)19-8-1-2-10-11(5-8)18-7-17-10/h1-5,16H,6-7H2. The molecule has 20 heavy (non-hydrogen) atoms. The third-order valence-electron chi connectivity index (χ3n) is 3.03. The van der Waals surface area contributed by atoms with Crippen molar-refractivity contribution in [2.45, 2.75) is 6.61 Å². The Morgan fingerprint density at radius 1 is 1.35 bits per heavy atom. The predicted molar refractivity (Wildman–Crippen MR) is 71.6 cm³/mol. The zero-order valence-corrected chi connectivity index (χ0v) is 11.1. The van der Waals surface area contributed by atoms with Gasteiger partial charge in [-0.05, 0) is 12.1 Å². The number of benzene rings is 1. The van der Waals surface area contributed by atoms with Crippen molar-refractivity contribution in [2.24, 2.45) is 0 Å². The second-order valence-electron chi connectivity index (χ2n) is 4.19. The lowest BCUT2D eigenvalue weighted by Crippen LogP contribution is -1.93. The lowest BCUT2D eigenvalue weighted by molar-refractivity contribution is 0.174. The Kier molecular flexibility index (Phi) is 2.54. The average molecular weight is 290 g/mol. The van der Waals surface area contributed by atoms with Gasteiger partial charge in [0.2, 0.25) is 12.7 Å². The highest BCUT2D eigenvalue weighted by molar-refractivity contribution is 7.15. The highest BCUT2D eigenvalue weighted by Gasteiger charge is 2.17. The number of aromatic nitrogens is 2. The number of imidazole rings is 1. The summed E-state index contributed by atoms with van der Waals surface area (Å²) in [4.78, 5) is 5.14. The zero-order chi connectivity index (χ0) is 13.5. The molecule has 1 aliphatic rings. The van der Waals surface area contributed by atoms with E-state index in [0.29, 0.717) is 28.8 Å². The summed E-state index contributed by atoms with van der Waals surface area (Å²) in [5, 5.41) is 11.4. The van der Waals surface area contributed by atoms with Crippen LogP contribution in [0.15, 0.2) is 29.8 Å². The monoisotopic (exact) mass is 290 g/mol. The Balaban J connectivity index is 1.71. The molecular formula is C13H10N2O4S. The summed E-state index contributed by atoms with van der Waals surface area (Å²) in [6.07, 6.45) is 1.85. The van der Waals surface area contributed by atoms with Crippen LogP contribution in [0.4, 0.5) is 0 Å². The molecule has 1 aliphatic heterocycles. The number of aliphatic hydroxyl groups excluding tert-OH is 1. The van der Waals surface area contributed by atoms with Gasteiger partial charge in [-0.2, -0.15) is 4.98 Å². The fraction of sp³-hybridized carbons (Fsp3) is 0.154. The van der Waals surface area contributed by atoms with Crippen molar-refractivity contribution in [2.75, 3.05) is 6.79 Å². The molecule has 102 valence electrons. The number of aliphatic hydroxyl groups is 1. The number of hydrogen-bond donors (Lipinski definition) is 1. The molecule has 0 spiro atoms. The van der Waals surface area contributed by atoms with E-state index in [1.807, 2.05) is 16.0 Å². The summed E-state index contributed by atoms with van der Waals surface area (Å²) in [6, 6.07) is 5.31. The van der Waals surface area contributed by atoms with Gasteiger partial charge in [-0.1, -0.05) is 0 Å². The van der Waals surface area contributed by atoms with Gasteiger partial charge >= 0.3 is 0 Å². The Bertz CT molecular complexity index is 780. The SMILES string of the molecule is OCc1c(Oc2ccc3c(c2)OCO3)nc2sccn12. The number of rotatable bonds is 3. The van der Waals surface area contributed by atoms with Gasteiger partial charge in [0.15, 0.2) is 16.5 Å². The van der Waals surface area contributed by atoms with Crippen molar-refractivity contribution in [3.63, 3.8) is 0 Å². The van der Waals surface area contributed by atoms with Gasteiger partial charge in [0.05, 0.1) is 6.61 Å². The van der Waals surface area contributed by atoms with E-state index in [-0.39, 0.29) is 13.4 Å². The third kappa shape index (κ3) is 1.71. The summed E-state index contributed by atoms with van der Waals surface area (Å²) in [7, 11) is 0. The molecule has 0 saturated carbocycles. The Morgan fingerprint density at radius 3 is 3.15 bits per heavy atom. The van der Waals surface area contributed by atoms with Gasteiger partial charge in [-0.3, -0.25) is 4.40 Å². The van der Waals surface area contributed by atoms with Crippen molar-refractivity contribution in [1.29, 1.82) is 0 Å². The third-order valence-corrected chi connectivity index (χ3v) is 3.79. The lowest BCUT2D eigenvalue weighted by Gasteiger charge is -2.05. The minimum atomic E-state index is -0.141. The minimum absolute atomic E-state index is 0.141. The highest BCUT2D eigenvalue weighted by atomic mass is 32.1. The molecular weight excluding hydrogens is 280 g/mol. The molecule has 4 rings (SSSR count). The molecule has 0 saturated heterocycles. The molecule has 0 unspecified atom stereocenters. The van der Waals surface area contributed by atoms with Crippen molar-refractivity contribution in [3.8, 4) is 23.1 Å². The fourth-order valence-corrected chi connectivity index (χ4v) is 2.81. The molecule has 0 fully saturated rings. The largest absolute Gasteiger partial charge is 0.454 e.